The van der Waals surface area contributed by atoms with Gasteiger partial charge in [-0.25, -0.2) is 0 Å². The maximum absolute atomic E-state index is 9.98. The van der Waals surface area contributed by atoms with Crippen LogP contribution in [0.25, 0.3) is 10.8 Å². The highest BCUT2D eigenvalue weighted by Crippen LogP contribution is 2.40. The monoisotopic (exact) mass is 296 g/mol. The largest absolute Gasteiger partial charge is 0.507 e. The number of aromatic nitrogens is 3. The molecule has 8 nitrogen and oxygen atoms in total. The van der Waals surface area contributed by atoms with Crippen LogP contribution in [0.1, 0.15) is 5.82 Å². The Morgan fingerprint density at radius 2 is 1.68 bits per heavy atom. The molecule has 0 spiro atoms. The molecule has 0 bridgehead atoms. The van der Waals surface area contributed by atoms with E-state index in [1.54, 1.807) is 31.2 Å². The number of hydrogen-bond acceptors (Lipinski definition) is 8. The van der Waals surface area contributed by atoms with Crippen molar-refractivity contribution in [3.8, 4) is 11.5 Å². The summed E-state index contributed by atoms with van der Waals surface area (Å²) in [5.74, 6) is 0.273. The molecule has 0 radical (unpaired) electrons. The van der Waals surface area contributed by atoms with Crippen molar-refractivity contribution in [1.82, 2.24) is 15.0 Å². The predicted octanol–water partition coefficient (Wildman–Crippen LogP) is 2.74. The van der Waals surface area contributed by atoms with Crippen LogP contribution in [0.15, 0.2) is 40.6 Å². The molecule has 3 aromatic rings. The van der Waals surface area contributed by atoms with Crippen molar-refractivity contribution in [2.75, 3.05) is 5.73 Å². The summed E-state index contributed by atoms with van der Waals surface area (Å²) >= 11 is 0. The number of fused-ring (bicyclic) bond motifs is 1. The van der Waals surface area contributed by atoms with Gasteiger partial charge in [-0.05, 0) is 6.92 Å². The number of rotatable bonds is 2. The number of aromatic hydroxyl groups is 2. The molecule has 1 heterocycles. The number of phenolic OH excluding ortho intramolecular Hbond substituents is 2. The zero-order valence-electron chi connectivity index (χ0n) is 11.6. The molecule has 0 amide bonds. The second-order valence-corrected chi connectivity index (χ2v) is 4.55. The summed E-state index contributed by atoms with van der Waals surface area (Å²) in [5, 5.41) is 28.8. The standard InChI is InChI=1S/C14H12N6O2/c1-7-16-13(15)18-14(17-7)20-19-12-9-5-3-2-4-8(9)10(21)6-11(12)22/h2-6,21-22H,1H3,(H2,15,16,17,18). The van der Waals surface area contributed by atoms with Crippen LogP contribution in [0.2, 0.25) is 0 Å². The van der Waals surface area contributed by atoms with E-state index in [1.165, 1.54) is 6.07 Å². The van der Waals surface area contributed by atoms with Gasteiger partial charge in [0.25, 0.3) is 5.95 Å². The Hall–Kier alpha value is -3.29. The van der Waals surface area contributed by atoms with Gasteiger partial charge in [0.05, 0.1) is 0 Å². The molecule has 2 aromatic carbocycles. The highest BCUT2D eigenvalue weighted by Gasteiger charge is 2.11. The lowest BCUT2D eigenvalue weighted by atomic mass is 10.1. The number of nitrogens with zero attached hydrogens (tertiary/aromatic N) is 5. The summed E-state index contributed by atoms with van der Waals surface area (Å²) in [4.78, 5) is 11.7. The van der Waals surface area contributed by atoms with Gasteiger partial charge in [0, 0.05) is 16.8 Å². The molecule has 0 atom stereocenters. The minimum Gasteiger partial charge on any atom is -0.507 e. The zero-order chi connectivity index (χ0) is 15.7. The van der Waals surface area contributed by atoms with Crippen molar-refractivity contribution in [2.24, 2.45) is 10.2 Å². The van der Waals surface area contributed by atoms with Crippen LogP contribution in [0.5, 0.6) is 11.5 Å². The zero-order valence-corrected chi connectivity index (χ0v) is 11.6. The van der Waals surface area contributed by atoms with E-state index in [0.29, 0.717) is 16.6 Å². The SMILES string of the molecule is Cc1nc(N)nc(N=Nc2c(O)cc(O)c3ccccc23)n1. The number of nitrogens with two attached hydrogens (primary N) is 1. The molecule has 0 aliphatic carbocycles. The number of nitrogen functional groups attached to an aromatic ring is 1. The molecule has 8 heteroatoms. The third kappa shape index (κ3) is 2.49. The van der Waals surface area contributed by atoms with E-state index < -0.39 is 0 Å². The molecule has 0 saturated carbocycles. The van der Waals surface area contributed by atoms with Crippen LogP contribution in [0.4, 0.5) is 17.6 Å². The number of anilines is 1. The molecule has 0 aliphatic heterocycles. The number of phenols is 2. The first-order chi connectivity index (χ1) is 10.5. The fourth-order valence-electron chi connectivity index (χ4n) is 2.06. The van der Waals surface area contributed by atoms with E-state index in [4.69, 9.17) is 5.73 Å². The van der Waals surface area contributed by atoms with Crippen LogP contribution < -0.4 is 5.73 Å². The summed E-state index contributed by atoms with van der Waals surface area (Å²) in [5.41, 5.74) is 5.74. The molecule has 0 saturated heterocycles. The van der Waals surface area contributed by atoms with Gasteiger partial charge in [-0.15, -0.1) is 10.2 Å². The molecule has 4 N–H and O–H groups in total. The van der Waals surface area contributed by atoms with Crippen molar-refractivity contribution in [3.05, 3.63) is 36.2 Å². The molecule has 110 valence electrons. The van der Waals surface area contributed by atoms with Crippen molar-refractivity contribution in [3.63, 3.8) is 0 Å². The molecule has 0 unspecified atom stereocenters. The van der Waals surface area contributed by atoms with Gasteiger partial charge in [-0.1, -0.05) is 24.3 Å². The lowest BCUT2D eigenvalue weighted by Gasteiger charge is -2.05. The second-order valence-electron chi connectivity index (χ2n) is 4.55. The van der Waals surface area contributed by atoms with Crippen LogP contribution in [0.3, 0.4) is 0 Å². The maximum Gasteiger partial charge on any atom is 0.273 e. The van der Waals surface area contributed by atoms with E-state index in [1.807, 2.05) is 0 Å². The number of azo groups is 1. The molecule has 0 aliphatic rings. The Balaban J connectivity index is 2.12. The topological polar surface area (TPSA) is 130 Å². The van der Waals surface area contributed by atoms with Gasteiger partial charge in [-0.2, -0.15) is 15.0 Å². The summed E-state index contributed by atoms with van der Waals surface area (Å²) in [6.07, 6.45) is 0. The minimum absolute atomic E-state index is 0.0349. The number of hydrogen-bond donors (Lipinski definition) is 3. The van der Waals surface area contributed by atoms with Crippen LogP contribution in [0, 0.1) is 6.92 Å². The predicted molar refractivity (Wildman–Crippen MR) is 80.4 cm³/mol. The smallest absolute Gasteiger partial charge is 0.273 e. The Morgan fingerprint density at radius 1 is 0.955 bits per heavy atom. The van der Waals surface area contributed by atoms with Gasteiger partial charge in [0.15, 0.2) is 0 Å². The normalized spacial score (nSPS) is 11.3. The van der Waals surface area contributed by atoms with Gasteiger partial charge in [0.1, 0.15) is 23.0 Å². The number of aryl methyl sites for hydroxylation is 1. The quantitative estimate of drug-likeness (QED) is 0.623. The summed E-state index contributed by atoms with van der Waals surface area (Å²) in [7, 11) is 0. The first-order valence-corrected chi connectivity index (χ1v) is 6.38. The summed E-state index contributed by atoms with van der Waals surface area (Å²) < 4.78 is 0. The molecular weight excluding hydrogens is 284 g/mol. The Morgan fingerprint density at radius 3 is 2.41 bits per heavy atom. The average Bonchev–Trinajstić information content (AvgIpc) is 2.46. The second kappa shape index (κ2) is 5.24. The highest BCUT2D eigenvalue weighted by atomic mass is 16.3. The first kappa shape index (κ1) is 13.7. The summed E-state index contributed by atoms with van der Waals surface area (Å²) in [6, 6.07) is 8.19. The minimum atomic E-state index is -0.196. The van der Waals surface area contributed by atoms with Gasteiger partial charge >= 0.3 is 0 Å². The first-order valence-electron chi connectivity index (χ1n) is 6.38. The average molecular weight is 296 g/mol. The van der Waals surface area contributed by atoms with Crippen LogP contribution in [-0.4, -0.2) is 25.2 Å². The van der Waals surface area contributed by atoms with Gasteiger partial charge in [0.2, 0.25) is 5.95 Å². The van der Waals surface area contributed by atoms with Crippen LogP contribution in [-0.2, 0) is 0 Å². The number of benzene rings is 2. The van der Waals surface area contributed by atoms with Gasteiger partial charge in [-0.3, -0.25) is 0 Å². The van der Waals surface area contributed by atoms with Crippen molar-refractivity contribution >= 4 is 28.4 Å². The van der Waals surface area contributed by atoms with E-state index in [0.717, 1.165) is 0 Å². The highest BCUT2D eigenvalue weighted by molar-refractivity contribution is 5.99. The Labute approximate surface area is 125 Å². The molecule has 3 rings (SSSR count). The Kier molecular flexibility index (Phi) is 3.26. The molecule has 0 fully saturated rings. The lowest BCUT2D eigenvalue weighted by molar-refractivity contribution is 0.456. The van der Waals surface area contributed by atoms with E-state index in [2.05, 4.69) is 25.2 Å². The maximum atomic E-state index is 9.98. The molecular formula is C14H12N6O2. The Bertz CT molecular complexity index is 874. The van der Waals surface area contributed by atoms with E-state index in [-0.39, 0.29) is 29.1 Å². The third-order valence-electron chi connectivity index (χ3n) is 2.97. The molecule has 22 heavy (non-hydrogen) atoms. The van der Waals surface area contributed by atoms with E-state index in [9.17, 15) is 10.2 Å². The lowest BCUT2D eigenvalue weighted by Crippen LogP contribution is -1.98. The van der Waals surface area contributed by atoms with Crippen molar-refractivity contribution in [2.45, 2.75) is 6.92 Å². The van der Waals surface area contributed by atoms with Crippen LogP contribution >= 0.6 is 0 Å². The third-order valence-corrected chi connectivity index (χ3v) is 2.97. The fourth-order valence-corrected chi connectivity index (χ4v) is 2.06. The van der Waals surface area contributed by atoms with Crippen molar-refractivity contribution < 1.29 is 10.2 Å². The van der Waals surface area contributed by atoms with Crippen molar-refractivity contribution in [1.29, 1.82) is 0 Å². The summed E-state index contributed by atoms with van der Waals surface area (Å²) in [6.45, 7) is 1.66. The van der Waals surface area contributed by atoms with E-state index >= 15 is 0 Å². The van der Waals surface area contributed by atoms with Gasteiger partial charge < -0.3 is 15.9 Å². The fraction of sp³-hybridized carbons (Fsp3) is 0.0714. The molecule has 1 aromatic heterocycles.